The molecule has 0 aliphatic heterocycles. The molecule has 4 nitrogen and oxygen atoms in total. The fourth-order valence-corrected chi connectivity index (χ4v) is 2.99. The summed E-state index contributed by atoms with van der Waals surface area (Å²) < 4.78 is 0. The molecular weight excluding hydrogens is 280 g/mol. The van der Waals surface area contributed by atoms with Crippen LogP contribution in [-0.4, -0.2) is 40.7 Å². The van der Waals surface area contributed by atoms with Crippen molar-refractivity contribution in [3.63, 3.8) is 0 Å². The number of nitrogens with zero attached hydrogens (tertiary/aromatic N) is 1. The third kappa shape index (κ3) is 5.93. The molecule has 1 heterocycles. The maximum atomic E-state index is 11.9. The zero-order valence-electron chi connectivity index (χ0n) is 11.7. The topological polar surface area (TPSA) is 62.2 Å². The van der Waals surface area contributed by atoms with E-state index in [4.69, 9.17) is 5.11 Å². The Bertz CT molecular complexity index is 400. The normalized spacial score (nSPS) is 11.6. The Morgan fingerprint density at radius 1 is 1.47 bits per heavy atom. The highest BCUT2D eigenvalue weighted by atomic mass is 32.2. The quantitative estimate of drug-likeness (QED) is 0.759. The van der Waals surface area contributed by atoms with Gasteiger partial charge in [-0.05, 0) is 12.2 Å². The van der Waals surface area contributed by atoms with Crippen molar-refractivity contribution in [2.24, 2.45) is 0 Å². The van der Waals surface area contributed by atoms with Gasteiger partial charge in [0.05, 0.1) is 11.2 Å². The third-order valence-electron chi connectivity index (χ3n) is 2.35. The average molecular weight is 302 g/mol. The first-order chi connectivity index (χ1) is 8.95. The van der Waals surface area contributed by atoms with Gasteiger partial charge in [-0.3, -0.25) is 4.79 Å². The van der Waals surface area contributed by atoms with E-state index >= 15 is 0 Å². The average Bonchev–Trinajstić information content (AvgIpc) is 2.82. The molecule has 0 aliphatic carbocycles. The van der Waals surface area contributed by atoms with Crippen LogP contribution >= 0.6 is 23.1 Å². The van der Waals surface area contributed by atoms with Gasteiger partial charge in [-0.1, -0.05) is 20.8 Å². The van der Waals surface area contributed by atoms with E-state index in [0.29, 0.717) is 11.4 Å². The molecule has 0 saturated carbocycles. The molecule has 0 bridgehead atoms. The first-order valence-corrected chi connectivity index (χ1v) is 8.35. The Morgan fingerprint density at radius 2 is 2.21 bits per heavy atom. The molecule has 19 heavy (non-hydrogen) atoms. The third-order valence-corrected chi connectivity index (χ3v) is 4.84. The summed E-state index contributed by atoms with van der Waals surface area (Å²) in [5, 5.41) is 12.5. The predicted octanol–water partition coefficient (Wildman–Crippen LogP) is 2.29. The van der Waals surface area contributed by atoms with Gasteiger partial charge >= 0.3 is 0 Å². The van der Waals surface area contributed by atoms with Crippen LogP contribution in [0.3, 0.4) is 0 Å². The molecule has 0 atom stereocenters. The lowest BCUT2D eigenvalue weighted by Crippen LogP contribution is -2.25. The van der Waals surface area contributed by atoms with E-state index in [0.717, 1.165) is 22.9 Å². The molecular formula is C13H22N2O2S2. The second-order valence-electron chi connectivity index (χ2n) is 5.23. The number of carbonyl (C=O) groups is 1. The van der Waals surface area contributed by atoms with Gasteiger partial charge in [0.2, 0.25) is 0 Å². The van der Waals surface area contributed by atoms with Crippen molar-refractivity contribution < 1.29 is 9.90 Å². The number of aromatic nitrogens is 1. The summed E-state index contributed by atoms with van der Waals surface area (Å²) in [6.07, 6.45) is 2.46. The van der Waals surface area contributed by atoms with Gasteiger partial charge < -0.3 is 10.4 Å². The van der Waals surface area contributed by atoms with E-state index in [2.05, 4.69) is 31.1 Å². The number of rotatable bonds is 7. The highest BCUT2D eigenvalue weighted by Crippen LogP contribution is 2.26. The standard InChI is InChI=1S/C13H22N2O2S2/c1-13(2,3)12-15-9-10(19-12)11(17)14-5-8-18-7-4-6-16/h9,16H,4-8H2,1-3H3,(H,14,17). The van der Waals surface area contributed by atoms with Crippen molar-refractivity contribution in [3.8, 4) is 0 Å². The summed E-state index contributed by atoms with van der Waals surface area (Å²) in [4.78, 5) is 16.9. The molecule has 108 valence electrons. The van der Waals surface area contributed by atoms with Gasteiger partial charge in [0.25, 0.3) is 5.91 Å². The predicted molar refractivity (Wildman–Crippen MR) is 82.2 cm³/mol. The number of amides is 1. The van der Waals surface area contributed by atoms with Crippen LogP contribution in [0.5, 0.6) is 0 Å². The van der Waals surface area contributed by atoms with Gasteiger partial charge in [0, 0.05) is 24.3 Å². The fourth-order valence-electron chi connectivity index (χ4n) is 1.32. The maximum absolute atomic E-state index is 11.9. The zero-order chi connectivity index (χ0) is 14.3. The van der Waals surface area contributed by atoms with Crippen molar-refractivity contribution >= 4 is 29.0 Å². The van der Waals surface area contributed by atoms with E-state index in [1.807, 2.05) is 0 Å². The molecule has 1 aromatic rings. The monoisotopic (exact) mass is 302 g/mol. The minimum atomic E-state index is -0.0456. The molecule has 0 radical (unpaired) electrons. The van der Waals surface area contributed by atoms with Gasteiger partial charge in [-0.2, -0.15) is 11.8 Å². The molecule has 1 amide bonds. The number of nitrogens with one attached hydrogen (secondary N) is 1. The highest BCUT2D eigenvalue weighted by Gasteiger charge is 2.20. The first kappa shape index (κ1) is 16.5. The van der Waals surface area contributed by atoms with Crippen LogP contribution in [0.2, 0.25) is 0 Å². The number of thioether (sulfide) groups is 1. The Morgan fingerprint density at radius 3 is 2.79 bits per heavy atom. The molecule has 0 aliphatic rings. The van der Waals surface area contributed by atoms with E-state index < -0.39 is 0 Å². The SMILES string of the molecule is CC(C)(C)c1ncc(C(=O)NCCSCCCO)s1. The summed E-state index contributed by atoms with van der Waals surface area (Å²) >= 11 is 3.19. The fraction of sp³-hybridized carbons (Fsp3) is 0.692. The number of hydrogen-bond acceptors (Lipinski definition) is 5. The second-order valence-corrected chi connectivity index (χ2v) is 7.48. The Labute approximate surface area is 123 Å². The van der Waals surface area contributed by atoms with Gasteiger partial charge in [0.1, 0.15) is 4.88 Å². The summed E-state index contributed by atoms with van der Waals surface area (Å²) in [6, 6.07) is 0. The van der Waals surface area contributed by atoms with Crippen LogP contribution in [0.15, 0.2) is 6.20 Å². The first-order valence-electron chi connectivity index (χ1n) is 6.38. The van der Waals surface area contributed by atoms with Crippen molar-refractivity contribution in [2.45, 2.75) is 32.6 Å². The van der Waals surface area contributed by atoms with Crippen molar-refractivity contribution in [1.29, 1.82) is 0 Å². The number of aliphatic hydroxyl groups is 1. The van der Waals surface area contributed by atoms with Gasteiger partial charge in [0.15, 0.2) is 0 Å². The second kappa shape index (κ2) is 7.87. The van der Waals surface area contributed by atoms with E-state index in [-0.39, 0.29) is 17.9 Å². The summed E-state index contributed by atoms with van der Waals surface area (Å²) in [7, 11) is 0. The van der Waals surface area contributed by atoms with Crippen LogP contribution in [-0.2, 0) is 5.41 Å². The largest absolute Gasteiger partial charge is 0.396 e. The van der Waals surface area contributed by atoms with Crippen molar-refractivity contribution in [3.05, 3.63) is 16.1 Å². The number of thiazole rings is 1. The molecule has 6 heteroatoms. The minimum absolute atomic E-state index is 0.0106. The lowest BCUT2D eigenvalue weighted by atomic mass is 9.98. The summed E-state index contributed by atoms with van der Waals surface area (Å²) in [5.41, 5.74) is -0.0106. The van der Waals surface area contributed by atoms with Crippen LogP contribution in [0.1, 0.15) is 41.9 Å². The Hall–Kier alpha value is -0.590. The summed E-state index contributed by atoms with van der Waals surface area (Å²) in [5.74, 6) is 1.76. The molecule has 0 aromatic carbocycles. The number of carbonyl (C=O) groups excluding carboxylic acids is 1. The van der Waals surface area contributed by atoms with E-state index in [9.17, 15) is 4.79 Å². The van der Waals surface area contributed by atoms with Crippen molar-refractivity contribution in [1.82, 2.24) is 10.3 Å². The zero-order valence-corrected chi connectivity index (χ0v) is 13.4. The number of hydrogen-bond donors (Lipinski definition) is 2. The smallest absolute Gasteiger partial charge is 0.263 e. The molecule has 0 fully saturated rings. The van der Waals surface area contributed by atoms with E-state index in [1.54, 1.807) is 18.0 Å². The Balaban J connectivity index is 2.32. The lowest BCUT2D eigenvalue weighted by Gasteiger charge is -2.13. The van der Waals surface area contributed by atoms with E-state index in [1.165, 1.54) is 11.3 Å². The number of aliphatic hydroxyl groups excluding tert-OH is 1. The summed E-state index contributed by atoms with van der Waals surface area (Å²) in [6.45, 7) is 7.15. The Kier molecular flexibility index (Phi) is 6.82. The molecule has 1 aromatic heterocycles. The molecule has 0 unspecified atom stereocenters. The molecule has 0 spiro atoms. The van der Waals surface area contributed by atoms with Gasteiger partial charge in [-0.25, -0.2) is 4.98 Å². The van der Waals surface area contributed by atoms with Crippen LogP contribution < -0.4 is 5.32 Å². The minimum Gasteiger partial charge on any atom is -0.396 e. The molecule has 1 rings (SSSR count). The van der Waals surface area contributed by atoms with Crippen molar-refractivity contribution in [2.75, 3.05) is 24.7 Å². The van der Waals surface area contributed by atoms with Crippen LogP contribution in [0.25, 0.3) is 0 Å². The van der Waals surface area contributed by atoms with Crippen LogP contribution in [0, 0.1) is 0 Å². The molecule has 0 saturated heterocycles. The highest BCUT2D eigenvalue weighted by molar-refractivity contribution is 7.99. The maximum Gasteiger partial charge on any atom is 0.263 e. The molecule has 2 N–H and O–H groups in total. The van der Waals surface area contributed by atoms with Crippen LogP contribution in [0.4, 0.5) is 0 Å². The van der Waals surface area contributed by atoms with Gasteiger partial charge in [-0.15, -0.1) is 11.3 Å². The lowest BCUT2D eigenvalue weighted by molar-refractivity contribution is 0.0960.